The third kappa shape index (κ3) is 4.37. The second kappa shape index (κ2) is 7.79. The Labute approximate surface area is 178 Å². The summed E-state index contributed by atoms with van der Waals surface area (Å²) in [6.45, 7) is 6.92. The molecule has 4 rings (SSSR count). The molecule has 0 unspecified atom stereocenters. The Kier molecular flexibility index (Phi) is 5.14. The summed E-state index contributed by atoms with van der Waals surface area (Å²) in [5, 5.41) is 0. The molecular formula is C23H22N4O4. The quantitative estimate of drug-likeness (QED) is 0.465. The molecule has 0 amide bonds. The van der Waals surface area contributed by atoms with Gasteiger partial charge < -0.3 is 9.15 Å². The summed E-state index contributed by atoms with van der Waals surface area (Å²) in [6, 6.07) is 11.3. The highest BCUT2D eigenvalue weighted by Crippen LogP contribution is 2.27. The van der Waals surface area contributed by atoms with Crippen LogP contribution < -0.4 is 5.56 Å². The van der Waals surface area contributed by atoms with Crippen LogP contribution in [0, 0.1) is 6.92 Å². The molecule has 8 heteroatoms. The maximum absolute atomic E-state index is 13.0. The summed E-state index contributed by atoms with van der Waals surface area (Å²) < 4.78 is 12.4. The van der Waals surface area contributed by atoms with E-state index >= 15 is 0 Å². The molecule has 3 heterocycles. The van der Waals surface area contributed by atoms with Gasteiger partial charge in [0.25, 0.3) is 5.56 Å². The maximum atomic E-state index is 13.0. The van der Waals surface area contributed by atoms with Gasteiger partial charge in [0.2, 0.25) is 5.89 Å². The summed E-state index contributed by atoms with van der Waals surface area (Å²) >= 11 is 0. The summed E-state index contributed by atoms with van der Waals surface area (Å²) in [7, 11) is 0. The molecular weight excluding hydrogens is 396 g/mol. The topological polar surface area (TPSA) is 100 Å². The lowest BCUT2D eigenvalue weighted by atomic mass is 10.1. The minimum absolute atomic E-state index is 0.143. The van der Waals surface area contributed by atoms with Crippen molar-refractivity contribution < 1.29 is 13.9 Å². The lowest BCUT2D eigenvalue weighted by Gasteiger charge is -2.19. The fraction of sp³-hybridized carbons (Fsp3) is 0.261. The van der Waals surface area contributed by atoms with Gasteiger partial charge in [0.15, 0.2) is 11.3 Å². The number of rotatable bonds is 4. The van der Waals surface area contributed by atoms with E-state index in [4.69, 9.17) is 9.15 Å². The Morgan fingerprint density at radius 3 is 2.61 bits per heavy atom. The molecule has 0 bridgehead atoms. The number of carbonyl (C=O) groups is 1. The number of hydrogen-bond acceptors (Lipinski definition) is 7. The SMILES string of the molecule is Cc1cc2ncn(CC(=O)OC(C)(C)C)c(=O)c2nc1-c1cnc(-c2ccccc2)o1. The van der Waals surface area contributed by atoms with Crippen LogP contribution in [-0.2, 0) is 16.1 Å². The molecule has 0 saturated carbocycles. The normalized spacial score (nSPS) is 11.6. The summed E-state index contributed by atoms with van der Waals surface area (Å²) in [5.74, 6) is 0.386. The summed E-state index contributed by atoms with van der Waals surface area (Å²) in [6.07, 6.45) is 2.91. The van der Waals surface area contributed by atoms with Gasteiger partial charge >= 0.3 is 5.97 Å². The minimum Gasteiger partial charge on any atom is -0.459 e. The highest BCUT2D eigenvalue weighted by molar-refractivity contribution is 5.78. The van der Waals surface area contributed by atoms with Crippen molar-refractivity contribution in [1.29, 1.82) is 0 Å². The first-order chi connectivity index (χ1) is 14.7. The predicted octanol–water partition coefficient (Wildman–Crippen LogP) is 3.76. The Hall–Kier alpha value is -3.81. The van der Waals surface area contributed by atoms with Crippen molar-refractivity contribution in [2.45, 2.75) is 39.8 Å². The van der Waals surface area contributed by atoms with Crippen LogP contribution in [0.5, 0.6) is 0 Å². The first kappa shape index (κ1) is 20.5. The zero-order valence-corrected chi connectivity index (χ0v) is 17.7. The Bertz CT molecular complexity index is 1320. The average molecular weight is 418 g/mol. The van der Waals surface area contributed by atoms with E-state index in [9.17, 15) is 9.59 Å². The average Bonchev–Trinajstić information content (AvgIpc) is 3.19. The van der Waals surface area contributed by atoms with Crippen LogP contribution in [0.3, 0.4) is 0 Å². The third-order valence-corrected chi connectivity index (χ3v) is 4.47. The lowest BCUT2D eigenvalue weighted by molar-refractivity contribution is -0.155. The summed E-state index contributed by atoms with van der Waals surface area (Å²) in [4.78, 5) is 38.2. The molecule has 1 aromatic carbocycles. The molecule has 0 saturated heterocycles. The van der Waals surface area contributed by atoms with E-state index < -0.39 is 17.1 Å². The van der Waals surface area contributed by atoms with E-state index in [1.807, 2.05) is 37.3 Å². The lowest BCUT2D eigenvalue weighted by Crippen LogP contribution is -2.31. The van der Waals surface area contributed by atoms with E-state index in [0.29, 0.717) is 22.9 Å². The van der Waals surface area contributed by atoms with Gasteiger partial charge in [0, 0.05) is 5.56 Å². The number of aryl methyl sites for hydroxylation is 1. The zero-order chi connectivity index (χ0) is 22.2. The van der Waals surface area contributed by atoms with Gasteiger partial charge in [-0.25, -0.2) is 15.0 Å². The molecule has 8 nitrogen and oxygen atoms in total. The van der Waals surface area contributed by atoms with Crippen LogP contribution in [0.4, 0.5) is 0 Å². The predicted molar refractivity (Wildman–Crippen MR) is 115 cm³/mol. The highest BCUT2D eigenvalue weighted by atomic mass is 16.6. The van der Waals surface area contributed by atoms with Crippen LogP contribution >= 0.6 is 0 Å². The number of carbonyl (C=O) groups excluding carboxylic acids is 1. The maximum Gasteiger partial charge on any atom is 0.326 e. The molecule has 3 aromatic heterocycles. The molecule has 0 fully saturated rings. The molecule has 0 aliphatic rings. The number of fused-ring (bicyclic) bond motifs is 1. The van der Waals surface area contributed by atoms with Crippen molar-refractivity contribution in [2.75, 3.05) is 0 Å². The van der Waals surface area contributed by atoms with Crippen molar-refractivity contribution in [3.63, 3.8) is 0 Å². The second-order valence-corrected chi connectivity index (χ2v) is 8.18. The van der Waals surface area contributed by atoms with Gasteiger partial charge in [0.1, 0.15) is 17.8 Å². The Morgan fingerprint density at radius 2 is 1.90 bits per heavy atom. The molecule has 0 aliphatic heterocycles. The van der Waals surface area contributed by atoms with Gasteiger partial charge in [0.05, 0.1) is 18.0 Å². The van der Waals surface area contributed by atoms with Gasteiger partial charge in [-0.1, -0.05) is 18.2 Å². The number of ether oxygens (including phenoxy) is 1. The molecule has 0 aliphatic carbocycles. The van der Waals surface area contributed by atoms with Crippen LogP contribution in [-0.4, -0.2) is 31.1 Å². The van der Waals surface area contributed by atoms with E-state index in [-0.39, 0.29) is 12.1 Å². The van der Waals surface area contributed by atoms with Crippen molar-refractivity contribution in [2.24, 2.45) is 0 Å². The largest absolute Gasteiger partial charge is 0.459 e. The van der Waals surface area contributed by atoms with Crippen molar-refractivity contribution in [3.05, 3.63) is 64.8 Å². The van der Waals surface area contributed by atoms with E-state index in [1.165, 1.54) is 10.9 Å². The fourth-order valence-electron chi connectivity index (χ4n) is 3.15. The number of nitrogens with zero attached hydrogens (tertiary/aromatic N) is 4. The number of pyridine rings is 1. The van der Waals surface area contributed by atoms with Crippen molar-refractivity contribution >= 4 is 17.0 Å². The smallest absolute Gasteiger partial charge is 0.326 e. The standard InChI is InChI=1S/C23H22N4O4/c1-14-10-16-20(22(29)27(13-25-16)12-18(28)31-23(2,3)4)26-19(14)17-11-24-21(30-17)15-8-6-5-7-9-15/h5-11,13H,12H2,1-4H3. The van der Waals surface area contributed by atoms with Crippen molar-refractivity contribution in [1.82, 2.24) is 19.5 Å². The van der Waals surface area contributed by atoms with E-state index in [2.05, 4.69) is 15.0 Å². The van der Waals surface area contributed by atoms with Crippen LogP contribution in [0.15, 0.2) is 58.1 Å². The molecule has 158 valence electrons. The molecule has 0 N–H and O–H groups in total. The number of benzene rings is 1. The fourth-order valence-corrected chi connectivity index (χ4v) is 3.15. The molecule has 4 aromatic rings. The Morgan fingerprint density at radius 1 is 1.16 bits per heavy atom. The molecule has 0 radical (unpaired) electrons. The Balaban J connectivity index is 1.72. The van der Waals surface area contributed by atoms with Crippen LogP contribution in [0.1, 0.15) is 26.3 Å². The van der Waals surface area contributed by atoms with Gasteiger partial charge in [-0.05, 0) is 51.5 Å². The number of esters is 1. The van der Waals surface area contributed by atoms with Gasteiger partial charge in [-0.3, -0.25) is 14.2 Å². The third-order valence-electron chi connectivity index (χ3n) is 4.47. The van der Waals surface area contributed by atoms with Crippen molar-refractivity contribution in [3.8, 4) is 22.9 Å². The van der Waals surface area contributed by atoms with Crippen LogP contribution in [0.25, 0.3) is 33.9 Å². The number of oxazole rings is 1. The molecule has 31 heavy (non-hydrogen) atoms. The highest BCUT2D eigenvalue weighted by Gasteiger charge is 2.19. The first-order valence-corrected chi connectivity index (χ1v) is 9.81. The molecule has 0 atom stereocenters. The van der Waals surface area contributed by atoms with Gasteiger partial charge in [-0.15, -0.1) is 0 Å². The van der Waals surface area contributed by atoms with E-state index in [0.717, 1.165) is 11.1 Å². The number of hydrogen-bond donors (Lipinski definition) is 0. The van der Waals surface area contributed by atoms with E-state index in [1.54, 1.807) is 33.0 Å². The van der Waals surface area contributed by atoms with Gasteiger partial charge in [-0.2, -0.15) is 0 Å². The first-order valence-electron chi connectivity index (χ1n) is 9.81. The van der Waals surface area contributed by atoms with Crippen LogP contribution in [0.2, 0.25) is 0 Å². The zero-order valence-electron chi connectivity index (χ0n) is 17.7. The second-order valence-electron chi connectivity index (χ2n) is 8.18. The minimum atomic E-state index is -0.643. The number of aromatic nitrogens is 4. The monoisotopic (exact) mass is 418 g/mol. The molecule has 0 spiro atoms. The summed E-state index contributed by atoms with van der Waals surface area (Å²) in [5.41, 5.74) is 1.64.